The Morgan fingerprint density at radius 1 is 0.839 bits per heavy atom. The molecule has 0 spiro atoms. The van der Waals surface area contributed by atoms with Crippen LogP contribution in [0.1, 0.15) is 65.2 Å². The Hall–Kier alpha value is -2.34. The Morgan fingerprint density at radius 2 is 1.32 bits per heavy atom. The smallest absolute Gasteiger partial charge is 0.327 e. The summed E-state index contributed by atoms with van der Waals surface area (Å²) in [7, 11) is 0. The molecule has 1 atom stereocenters. The van der Waals surface area contributed by atoms with E-state index in [9.17, 15) is 14.4 Å². The first kappa shape index (κ1) is 28.7. The first-order valence-electron chi connectivity index (χ1n) is 10.9. The zero-order chi connectivity index (χ0) is 23.2. The maximum Gasteiger partial charge on any atom is 0.327 e. The Kier molecular flexibility index (Phi) is 19.3. The summed E-state index contributed by atoms with van der Waals surface area (Å²) in [4.78, 5) is 33.9. The van der Waals surface area contributed by atoms with E-state index in [-0.39, 0.29) is 23.2 Å². The van der Waals surface area contributed by atoms with Gasteiger partial charge >= 0.3 is 5.97 Å². The van der Waals surface area contributed by atoms with Crippen LogP contribution < -0.4 is 5.32 Å². The van der Waals surface area contributed by atoms with Crippen molar-refractivity contribution in [2.75, 3.05) is 5.75 Å². The Bertz CT molecular complexity index is 662. The van der Waals surface area contributed by atoms with Crippen LogP contribution in [0.15, 0.2) is 60.8 Å². The fourth-order valence-corrected chi connectivity index (χ4v) is 3.02. The average molecular weight is 448 g/mol. The number of hydrogen-bond acceptors (Lipinski definition) is 4. The summed E-state index contributed by atoms with van der Waals surface area (Å²) < 4.78 is 0. The molecule has 5 nitrogen and oxygen atoms in total. The molecule has 31 heavy (non-hydrogen) atoms. The largest absolute Gasteiger partial charge is 0.480 e. The summed E-state index contributed by atoms with van der Waals surface area (Å²) in [6, 6.07) is -1.03. The van der Waals surface area contributed by atoms with Gasteiger partial charge in [-0.25, -0.2) is 4.79 Å². The highest BCUT2D eigenvalue weighted by molar-refractivity contribution is 8.13. The molecule has 0 saturated heterocycles. The molecule has 1 amide bonds. The molecule has 0 fully saturated rings. The van der Waals surface area contributed by atoms with Gasteiger partial charge in [0.1, 0.15) is 6.04 Å². The number of carboxylic acids is 1. The minimum absolute atomic E-state index is 0.0468. The highest BCUT2D eigenvalue weighted by Crippen LogP contribution is 2.05. The number of thioether (sulfide) groups is 1. The minimum atomic E-state index is -1.13. The van der Waals surface area contributed by atoms with Crippen LogP contribution in [0.25, 0.3) is 0 Å². The molecule has 0 aromatic heterocycles. The van der Waals surface area contributed by atoms with Crippen molar-refractivity contribution in [3.63, 3.8) is 0 Å². The third-order valence-electron chi connectivity index (χ3n) is 4.02. The highest BCUT2D eigenvalue weighted by Gasteiger charge is 2.20. The number of carbonyl (C=O) groups is 3. The van der Waals surface area contributed by atoms with E-state index in [4.69, 9.17) is 5.11 Å². The zero-order valence-corrected chi connectivity index (χ0v) is 19.6. The van der Waals surface area contributed by atoms with E-state index in [1.54, 1.807) is 0 Å². The number of nitrogens with one attached hydrogen (secondary N) is 1. The van der Waals surface area contributed by atoms with Gasteiger partial charge in [0.2, 0.25) is 5.91 Å². The first-order chi connectivity index (χ1) is 15.0. The molecule has 0 aromatic rings. The number of unbranched alkanes of at least 4 members (excludes halogenated alkanes) is 1. The first-order valence-corrected chi connectivity index (χ1v) is 11.9. The minimum Gasteiger partial charge on any atom is -0.480 e. The fraction of sp³-hybridized carbons (Fsp3) is 0.480. The van der Waals surface area contributed by atoms with Gasteiger partial charge in [0.15, 0.2) is 5.12 Å². The number of amides is 1. The van der Waals surface area contributed by atoms with E-state index >= 15 is 0 Å². The van der Waals surface area contributed by atoms with Crippen molar-refractivity contribution < 1.29 is 19.5 Å². The molecule has 0 heterocycles. The van der Waals surface area contributed by atoms with Gasteiger partial charge in [-0.2, -0.15) is 0 Å². The van der Waals surface area contributed by atoms with Crippen molar-refractivity contribution in [2.45, 2.75) is 71.3 Å². The van der Waals surface area contributed by atoms with Gasteiger partial charge in [0.25, 0.3) is 0 Å². The van der Waals surface area contributed by atoms with Crippen LogP contribution in [0.5, 0.6) is 0 Å². The lowest BCUT2D eigenvalue weighted by atomic mass is 10.2. The maximum atomic E-state index is 11.8. The predicted octanol–water partition coefficient (Wildman–Crippen LogP) is 5.76. The van der Waals surface area contributed by atoms with E-state index in [1.807, 2.05) is 6.08 Å². The van der Waals surface area contributed by atoms with Gasteiger partial charge in [0.05, 0.1) is 0 Å². The molecule has 0 aromatic carbocycles. The van der Waals surface area contributed by atoms with Crippen molar-refractivity contribution >= 4 is 28.8 Å². The number of rotatable bonds is 17. The van der Waals surface area contributed by atoms with Gasteiger partial charge < -0.3 is 10.4 Å². The summed E-state index contributed by atoms with van der Waals surface area (Å²) in [5.41, 5.74) is 0. The van der Waals surface area contributed by atoms with Crippen LogP contribution in [-0.2, 0) is 14.4 Å². The van der Waals surface area contributed by atoms with Crippen LogP contribution in [0.3, 0.4) is 0 Å². The van der Waals surface area contributed by atoms with Gasteiger partial charge in [0, 0.05) is 19.1 Å². The molecular weight excluding hydrogens is 410 g/mol. The molecule has 2 N–H and O–H groups in total. The highest BCUT2D eigenvalue weighted by atomic mass is 32.2. The third kappa shape index (κ3) is 20.7. The van der Waals surface area contributed by atoms with Gasteiger partial charge in [-0.1, -0.05) is 79.4 Å². The fourth-order valence-electron chi connectivity index (χ4n) is 2.39. The Morgan fingerprint density at radius 3 is 1.77 bits per heavy atom. The molecule has 0 saturated carbocycles. The molecule has 0 aliphatic rings. The Balaban J connectivity index is 3.80. The SMILES string of the molecule is CC/C=C\C/C=C\C/C=C\C/C=C\C/C=C\CCCC(=O)N[C@H](CSC(C)=O)C(=O)O. The predicted molar refractivity (Wildman–Crippen MR) is 131 cm³/mol. The van der Waals surface area contributed by atoms with Crippen molar-refractivity contribution in [2.24, 2.45) is 0 Å². The Labute approximate surface area is 191 Å². The number of allylic oxidation sites excluding steroid dienone is 10. The lowest BCUT2D eigenvalue weighted by Crippen LogP contribution is -2.42. The maximum absolute atomic E-state index is 11.8. The number of hydrogen-bond donors (Lipinski definition) is 2. The number of carboxylic acid groups (broad SMARTS) is 1. The van der Waals surface area contributed by atoms with Crippen molar-refractivity contribution in [1.82, 2.24) is 5.32 Å². The monoisotopic (exact) mass is 447 g/mol. The second-order valence-corrected chi connectivity index (χ2v) is 8.06. The molecule has 172 valence electrons. The van der Waals surface area contributed by atoms with Crippen LogP contribution >= 0.6 is 11.8 Å². The molecule has 6 heteroatoms. The van der Waals surface area contributed by atoms with Crippen molar-refractivity contribution in [3.8, 4) is 0 Å². The standard InChI is InChI=1S/C25H37NO4S/c1-3-4-5-6-7-8-9-10-11-12-13-14-15-16-17-18-19-20-24(28)26-23(25(29)30)21-31-22(2)27/h4-5,7-8,10-11,13-14,16-17,23H,3,6,9,12,15,18-21H2,1-2H3,(H,26,28)(H,29,30)/b5-4-,8-7-,11-10-,14-13-,17-16-/t23-/m1/s1. The average Bonchev–Trinajstić information content (AvgIpc) is 2.73. The molecule has 0 unspecified atom stereocenters. The number of aliphatic carboxylic acids is 1. The third-order valence-corrected chi connectivity index (χ3v) is 4.93. The van der Waals surface area contributed by atoms with E-state index in [0.29, 0.717) is 6.42 Å². The molecule has 0 bridgehead atoms. The van der Waals surface area contributed by atoms with Crippen molar-refractivity contribution in [3.05, 3.63) is 60.8 Å². The molecule has 0 aliphatic carbocycles. The summed E-state index contributed by atoms with van der Waals surface area (Å²) in [5, 5.41) is 11.4. The number of carbonyl (C=O) groups excluding carboxylic acids is 2. The van der Waals surface area contributed by atoms with E-state index in [0.717, 1.165) is 50.3 Å². The second kappa shape index (κ2) is 20.9. The van der Waals surface area contributed by atoms with Gasteiger partial charge in [-0.3, -0.25) is 9.59 Å². The lowest BCUT2D eigenvalue weighted by molar-refractivity contribution is -0.141. The van der Waals surface area contributed by atoms with Gasteiger partial charge in [-0.05, 0) is 44.9 Å². The van der Waals surface area contributed by atoms with Crippen LogP contribution in [-0.4, -0.2) is 33.9 Å². The van der Waals surface area contributed by atoms with Gasteiger partial charge in [-0.15, -0.1) is 0 Å². The van der Waals surface area contributed by atoms with E-state index in [1.165, 1.54) is 6.92 Å². The summed E-state index contributed by atoms with van der Waals surface area (Å²) in [6.07, 6.45) is 27.9. The summed E-state index contributed by atoms with van der Waals surface area (Å²) in [5.74, 6) is -1.38. The topological polar surface area (TPSA) is 83.5 Å². The molecule has 0 radical (unpaired) electrons. The lowest BCUT2D eigenvalue weighted by Gasteiger charge is -2.13. The molecule has 0 rings (SSSR count). The summed E-state index contributed by atoms with van der Waals surface area (Å²) >= 11 is 0.899. The van der Waals surface area contributed by atoms with E-state index in [2.05, 4.69) is 66.9 Å². The van der Waals surface area contributed by atoms with Crippen LogP contribution in [0.4, 0.5) is 0 Å². The van der Waals surface area contributed by atoms with Crippen LogP contribution in [0.2, 0.25) is 0 Å². The quantitative estimate of drug-likeness (QED) is 0.219. The molecule has 0 aliphatic heterocycles. The normalized spacial score (nSPS) is 13.2. The second-order valence-electron chi connectivity index (χ2n) is 6.86. The zero-order valence-electron chi connectivity index (χ0n) is 18.8. The van der Waals surface area contributed by atoms with Crippen molar-refractivity contribution in [1.29, 1.82) is 0 Å². The molecular formula is C25H37NO4S. The van der Waals surface area contributed by atoms with Crippen LogP contribution in [0, 0.1) is 0 Å². The summed E-state index contributed by atoms with van der Waals surface area (Å²) in [6.45, 7) is 3.50. The van der Waals surface area contributed by atoms with E-state index < -0.39 is 12.0 Å².